The maximum atomic E-state index is 14.0. The Labute approximate surface area is 178 Å². The van der Waals surface area contributed by atoms with Crippen molar-refractivity contribution in [2.75, 3.05) is 7.11 Å². The first-order chi connectivity index (χ1) is 14.8. The predicted octanol–water partition coefficient (Wildman–Crippen LogP) is 3.52. The molecule has 11 heteroatoms. The lowest BCUT2D eigenvalue weighted by Gasteiger charge is -2.12. The third-order valence-electron chi connectivity index (χ3n) is 4.19. The van der Waals surface area contributed by atoms with Crippen molar-refractivity contribution in [3.05, 3.63) is 95.0 Å². The highest BCUT2D eigenvalue weighted by Gasteiger charge is 2.19. The minimum atomic E-state index is -1.12. The lowest BCUT2D eigenvalue weighted by atomic mass is 10.1. The number of benzene rings is 2. The molecule has 0 aliphatic carbocycles. The smallest absolute Gasteiger partial charge is 0.357 e. The van der Waals surface area contributed by atoms with Crippen molar-refractivity contribution in [2.24, 2.45) is 0 Å². The van der Waals surface area contributed by atoms with Gasteiger partial charge < -0.3 is 14.5 Å². The van der Waals surface area contributed by atoms with Crippen molar-refractivity contribution in [2.45, 2.75) is 6.61 Å². The number of ether oxygens (including phenoxy) is 2. The number of hydrogen-bond acceptors (Lipinski definition) is 6. The molecule has 1 heterocycles. The van der Waals surface area contributed by atoms with Crippen molar-refractivity contribution in [1.82, 2.24) is 9.97 Å². The van der Waals surface area contributed by atoms with E-state index in [1.807, 2.05) is 0 Å². The quantitative estimate of drug-likeness (QED) is 0.421. The number of rotatable bonds is 7. The third kappa shape index (κ3) is 4.98. The zero-order valence-electron chi connectivity index (χ0n) is 16.0. The zero-order valence-corrected chi connectivity index (χ0v) is 16.7. The molecule has 0 spiro atoms. The largest absolute Gasteiger partial charge is 0.493 e. The molecule has 1 aromatic heterocycles. The summed E-state index contributed by atoms with van der Waals surface area (Å²) >= 11 is 6.01. The van der Waals surface area contributed by atoms with Crippen molar-refractivity contribution >= 4 is 29.4 Å². The van der Waals surface area contributed by atoms with Gasteiger partial charge in [-0.05, 0) is 35.9 Å². The van der Waals surface area contributed by atoms with Gasteiger partial charge in [0, 0.05) is 5.56 Å². The van der Waals surface area contributed by atoms with Crippen LogP contribution in [0.4, 0.5) is 10.1 Å². The summed E-state index contributed by atoms with van der Waals surface area (Å²) in [4.78, 5) is 37.4. The molecule has 0 atom stereocenters. The highest BCUT2D eigenvalue weighted by atomic mass is 35.5. The van der Waals surface area contributed by atoms with E-state index < -0.39 is 27.7 Å². The number of aromatic amines is 2. The summed E-state index contributed by atoms with van der Waals surface area (Å²) in [6.07, 6.45) is 2.65. The summed E-state index contributed by atoms with van der Waals surface area (Å²) < 4.78 is 24.9. The Morgan fingerprint density at radius 3 is 2.61 bits per heavy atom. The average molecular weight is 448 g/mol. The normalized spacial score (nSPS) is 10.9. The number of nitro groups is 1. The van der Waals surface area contributed by atoms with Gasteiger partial charge in [-0.1, -0.05) is 29.8 Å². The maximum Gasteiger partial charge on any atom is 0.357 e. The topological polar surface area (TPSA) is 127 Å². The van der Waals surface area contributed by atoms with E-state index in [0.29, 0.717) is 11.3 Å². The van der Waals surface area contributed by atoms with Crippen LogP contribution in [-0.4, -0.2) is 22.0 Å². The van der Waals surface area contributed by atoms with Crippen LogP contribution in [-0.2, 0) is 6.61 Å². The highest BCUT2D eigenvalue weighted by molar-refractivity contribution is 6.31. The van der Waals surface area contributed by atoms with E-state index in [-0.39, 0.29) is 28.6 Å². The van der Waals surface area contributed by atoms with Gasteiger partial charge in [-0.15, -0.1) is 0 Å². The van der Waals surface area contributed by atoms with Crippen LogP contribution in [0.15, 0.2) is 46.0 Å². The Morgan fingerprint density at radius 2 is 1.94 bits per heavy atom. The molecule has 0 saturated heterocycles. The van der Waals surface area contributed by atoms with E-state index in [4.69, 9.17) is 21.1 Å². The van der Waals surface area contributed by atoms with Crippen molar-refractivity contribution < 1.29 is 18.8 Å². The zero-order chi connectivity index (χ0) is 22.5. The van der Waals surface area contributed by atoms with Gasteiger partial charge in [0.05, 0.1) is 17.1 Å². The van der Waals surface area contributed by atoms with Crippen molar-refractivity contribution in [1.29, 1.82) is 0 Å². The van der Waals surface area contributed by atoms with Gasteiger partial charge in [-0.2, -0.15) is 0 Å². The maximum absolute atomic E-state index is 14.0. The molecular weight excluding hydrogens is 433 g/mol. The lowest BCUT2D eigenvalue weighted by Crippen LogP contribution is -2.25. The first kappa shape index (κ1) is 21.8. The summed E-state index contributed by atoms with van der Waals surface area (Å²) in [5, 5.41) is 11.3. The molecule has 0 unspecified atom stereocenters. The summed E-state index contributed by atoms with van der Waals surface area (Å²) in [6, 6.07) is 9.01. The minimum Gasteiger partial charge on any atom is -0.493 e. The monoisotopic (exact) mass is 447 g/mol. The first-order valence-corrected chi connectivity index (χ1v) is 9.10. The fourth-order valence-electron chi connectivity index (χ4n) is 2.71. The van der Waals surface area contributed by atoms with Crippen LogP contribution in [0, 0.1) is 15.9 Å². The molecule has 0 amide bonds. The fourth-order valence-corrected chi connectivity index (χ4v) is 2.93. The van der Waals surface area contributed by atoms with Crippen LogP contribution in [0.25, 0.3) is 12.2 Å². The number of aromatic nitrogens is 2. The Kier molecular flexibility index (Phi) is 6.51. The van der Waals surface area contributed by atoms with E-state index in [1.54, 1.807) is 23.2 Å². The number of halogens is 2. The van der Waals surface area contributed by atoms with Crippen LogP contribution in [0.3, 0.4) is 0 Å². The van der Waals surface area contributed by atoms with Crippen molar-refractivity contribution in [3.8, 4) is 11.5 Å². The average Bonchev–Trinajstić information content (AvgIpc) is 2.71. The molecule has 0 bridgehead atoms. The number of H-pyrrole nitrogens is 2. The van der Waals surface area contributed by atoms with Gasteiger partial charge in [0.15, 0.2) is 11.5 Å². The van der Waals surface area contributed by atoms with Crippen molar-refractivity contribution in [3.63, 3.8) is 0 Å². The molecular formula is C20H15ClFN3O6. The molecule has 160 valence electrons. The van der Waals surface area contributed by atoms with Gasteiger partial charge in [0.25, 0.3) is 0 Å². The van der Waals surface area contributed by atoms with E-state index >= 15 is 0 Å². The summed E-state index contributed by atoms with van der Waals surface area (Å²) in [7, 11) is 1.43. The molecule has 0 aliphatic rings. The highest BCUT2D eigenvalue weighted by Crippen LogP contribution is 2.31. The van der Waals surface area contributed by atoms with E-state index in [2.05, 4.69) is 4.98 Å². The molecule has 9 nitrogen and oxygen atoms in total. The summed E-state index contributed by atoms with van der Waals surface area (Å²) in [5.41, 5.74) is -2.38. The van der Waals surface area contributed by atoms with Gasteiger partial charge in [-0.25, -0.2) is 9.18 Å². The van der Waals surface area contributed by atoms with Gasteiger partial charge >= 0.3 is 16.9 Å². The number of hydrogen-bond donors (Lipinski definition) is 2. The van der Waals surface area contributed by atoms with Crippen LogP contribution >= 0.6 is 11.6 Å². The predicted molar refractivity (Wildman–Crippen MR) is 112 cm³/mol. The van der Waals surface area contributed by atoms with Gasteiger partial charge in [-0.3, -0.25) is 19.9 Å². The van der Waals surface area contributed by atoms with E-state index in [9.17, 15) is 24.1 Å². The van der Waals surface area contributed by atoms with E-state index in [0.717, 1.165) is 0 Å². The van der Waals surface area contributed by atoms with Gasteiger partial charge in [0.1, 0.15) is 18.1 Å². The molecule has 31 heavy (non-hydrogen) atoms. The number of methoxy groups -OCH3 is 1. The second kappa shape index (κ2) is 9.26. The Balaban J connectivity index is 1.92. The SMILES string of the molecule is COc1ccc(/C=C\c2[nH]c(=O)[nH]c(=O)c2[N+](=O)[O-])cc1OCc1c(F)cccc1Cl. The molecule has 2 N–H and O–H groups in total. The molecule has 0 radical (unpaired) electrons. The van der Waals surface area contributed by atoms with Crippen LogP contribution in [0.5, 0.6) is 11.5 Å². The van der Waals surface area contributed by atoms with Gasteiger partial charge in [0.2, 0.25) is 0 Å². The summed E-state index contributed by atoms with van der Waals surface area (Å²) in [6.45, 7) is -0.165. The lowest BCUT2D eigenvalue weighted by molar-refractivity contribution is -0.386. The standard InChI is InChI=1S/C20H15ClFN3O6/c1-30-16-8-6-11(5-7-15-18(25(28)29)19(26)24-20(27)23-15)9-17(16)31-10-12-13(21)3-2-4-14(12)22/h2-9H,10H2,1H3,(H2,23,24,26,27)/b7-5-. The Bertz CT molecular complexity index is 1260. The molecule has 0 fully saturated rings. The number of nitrogens with zero attached hydrogens (tertiary/aromatic N) is 1. The third-order valence-corrected chi connectivity index (χ3v) is 4.55. The summed E-state index contributed by atoms with van der Waals surface area (Å²) in [5.74, 6) is 0.103. The molecule has 3 aromatic rings. The molecule has 2 aromatic carbocycles. The Morgan fingerprint density at radius 1 is 1.16 bits per heavy atom. The van der Waals surface area contributed by atoms with Crippen LogP contribution in [0.2, 0.25) is 5.02 Å². The first-order valence-electron chi connectivity index (χ1n) is 8.73. The van der Waals surface area contributed by atoms with Crippen LogP contribution in [0.1, 0.15) is 16.8 Å². The minimum absolute atomic E-state index is 0.165. The van der Waals surface area contributed by atoms with Crippen LogP contribution < -0.4 is 20.7 Å². The second-order valence-electron chi connectivity index (χ2n) is 6.16. The molecule has 0 saturated carbocycles. The Hall–Kier alpha value is -3.92. The molecule has 3 rings (SSSR count). The second-order valence-corrected chi connectivity index (χ2v) is 6.57. The number of nitrogens with one attached hydrogen (secondary N) is 2. The van der Waals surface area contributed by atoms with E-state index in [1.165, 1.54) is 37.5 Å². The fraction of sp³-hybridized carbons (Fsp3) is 0.100. The molecule has 0 aliphatic heterocycles.